The number of fused-ring (bicyclic) bond motifs is 2. The molecule has 2 aromatic heterocycles. The van der Waals surface area contributed by atoms with Crippen LogP contribution in [0.3, 0.4) is 0 Å². The molecule has 4 rings (SSSR count). The first-order valence-corrected chi connectivity index (χ1v) is 8.14. The Balaban J connectivity index is 1.64. The second kappa shape index (κ2) is 4.84. The molecule has 21 heavy (non-hydrogen) atoms. The summed E-state index contributed by atoms with van der Waals surface area (Å²) in [6.07, 6.45) is 2.56. The molecule has 2 unspecified atom stereocenters. The van der Waals surface area contributed by atoms with Gasteiger partial charge in [-0.3, -0.25) is 4.79 Å². The van der Waals surface area contributed by atoms with E-state index >= 15 is 0 Å². The second-order valence-corrected chi connectivity index (χ2v) is 6.65. The lowest BCUT2D eigenvalue weighted by molar-refractivity contribution is -0.124. The van der Waals surface area contributed by atoms with E-state index in [4.69, 9.17) is 5.73 Å². The monoisotopic (exact) mass is 303 g/mol. The number of carbonyl (C=O) groups excluding carboxylic acids is 1. The Hall–Kier alpha value is -1.89. The number of nitrogen functional groups attached to an aromatic ring is 1. The zero-order chi connectivity index (χ0) is 14.4. The minimum Gasteiger partial charge on any atom is -0.368 e. The summed E-state index contributed by atoms with van der Waals surface area (Å²) in [7, 11) is 0. The summed E-state index contributed by atoms with van der Waals surface area (Å²) in [5, 5.41) is 6.21. The zero-order valence-corrected chi connectivity index (χ0v) is 12.4. The van der Waals surface area contributed by atoms with Crippen LogP contribution in [0.25, 0.3) is 10.2 Å². The van der Waals surface area contributed by atoms with Crippen LogP contribution in [0.5, 0.6) is 0 Å². The molecule has 2 aliphatic heterocycles. The van der Waals surface area contributed by atoms with E-state index in [1.54, 1.807) is 11.3 Å². The Labute approximate surface area is 126 Å². The number of nitrogens with zero attached hydrogens (tertiary/aromatic N) is 3. The van der Waals surface area contributed by atoms with Crippen molar-refractivity contribution in [1.82, 2.24) is 15.3 Å². The first kappa shape index (κ1) is 12.8. The van der Waals surface area contributed by atoms with Crippen LogP contribution in [0.1, 0.15) is 19.3 Å². The van der Waals surface area contributed by atoms with Crippen LogP contribution in [0, 0.1) is 5.92 Å². The molecule has 2 atom stereocenters. The van der Waals surface area contributed by atoms with E-state index in [2.05, 4.69) is 26.3 Å². The van der Waals surface area contributed by atoms with Crippen molar-refractivity contribution in [3.63, 3.8) is 0 Å². The van der Waals surface area contributed by atoms with Crippen molar-refractivity contribution in [3.05, 3.63) is 11.4 Å². The van der Waals surface area contributed by atoms with Gasteiger partial charge in [0.05, 0.1) is 5.39 Å². The summed E-state index contributed by atoms with van der Waals surface area (Å²) in [5.41, 5.74) is 5.84. The molecule has 2 aliphatic rings. The molecule has 2 aromatic rings. The molecule has 0 aliphatic carbocycles. The molecule has 7 heteroatoms. The molecule has 3 N–H and O–H groups in total. The highest BCUT2D eigenvalue weighted by atomic mass is 32.1. The molecule has 4 heterocycles. The molecule has 110 valence electrons. The standard InChI is InChI=1S/C14H17N5OS/c15-14-17-12(9-4-6-21-13(9)18-14)19-5-3-10-8(7-19)1-2-11(20)16-10/h4,6,8,10H,1-3,5,7H2,(H,16,20)(H2,15,17,18). The van der Waals surface area contributed by atoms with E-state index < -0.39 is 0 Å². The first-order valence-electron chi connectivity index (χ1n) is 7.26. The van der Waals surface area contributed by atoms with Gasteiger partial charge >= 0.3 is 0 Å². The Morgan fingerprint density at radius 3 is 3.19 bits per heavy atom. The van der Waals surface area contributed by atoms with Crippen LogP contribution in [-0.2, 0) is 4.79 Å². The number of anilines is 2. The number of nitrogens with one attached hydrogen (secondary N) is 1. The molecule has 0 aromatic carbocycles. The maximum absolute atomic E-state index is 11.5. The molecular weight excluding hydrogens is 286 g/mol. The molecule has 6 nitrogen and oxygen atoms in total. The van der Waals surface area contributed by atoms with E-state index in [-0.39, 0.29) is 5.91 Å². The number of rotatable bonds is 1. The van der Waals surface area contributed by atoms with Crippen molar-refractivity contribution in [2.45, 2.75) is 25.3 Å². The summed E-state index contributed by atoms with van der Waals surface area (Å²) < 4.78 is 0. The van der Waals surface area contributed by atoms with Gasteiger partial charge in [-0.05, 0) is 30.2 Å². The lowest BCUT2D eigenvalue weighted by atomic mass is 9.85. The minimum absolute atomic E-state index is 0.191. The van der Waals surface area contributed by atoms with E-state index in [0.29, 0.717) is 24.3 Å². The predicted octanol–water partition coefficient (Wildman–Crippen LogP) is 1.38. The Bertz CT molecular complexity index is 700. The highest BCUT2D eigenvalue weighted by Crippen LogP contribution is 2.33. The van der Waals surface area contributed by atoms with Crippen molar-refractivity contribution < 1.29 is 4.79 Å². The van der Waals surface area contributed by atoms with Crippen LogP contribution in [0.2, 0.25) is 0 Å². The summed E-state index contributed by atoms with van der Waals surface area (Å²) in [5.74, 6) is 1.96. The first-order chi connectivity index (χ1) is 10.2. The molecule has 1 amide bonds. The SMILES string of the molecule is Nc1nc(N2CCC3NC(=O)CCC3C2)c2ccsc2n1. The molecule has 2 saturated heterocycles. The van der Waals surface area contributed by atoms with Crippen molar-refractivity contribution >= 4 is 39.2 Å². The third-order valence-corrected chi connectivity index (χ3v) is 5.25. The number of piperidine rings is 2. The van der Waals surface area contributed by atoms with Gasteiger partial charge in [0, 0.05) is 25.6 Å². The molecule has 0 spiro atoms. The normalized spacial score (nSPS) is 25.7. The van der Waals surface area contributed by atoms with Gasteiger partial charge < -0.3 is 16.0 Å². The fourth-order valence-electron chi connectivity index (χ4n) is 3.40. The maximum Gasteiger partial charge on any atom is 0.223 e. The second-order valence-electron chi connectivity index (χ2n) is 5.75. The minimum atomic E-state index is 0.191. The van der Waals surface area contributed by atoms with E-state index in [0.717, 1.165) is 42.0 Å². The number of amides is 1. The van der Waals surface area contributed by atoms with Gasteiger partial charge in [0.1, 0.15) is 10.6 Å². The molecule has 2 fully saturated rings. The Kier molecular flexibility index (Phi) is 2.95. The summed E-state index contributed by atoms with van der Waals surface area (Å²) in [4.78, 5) is 23.5. The van der Waals surface area contributed by atoms with Gasteiger partial charge in [0.25, 0.3) is 0 Å². The van der Waals surface area contributed by atoms with Gasteiger partial charge in [-0.1, -0.05) is 0 Å². The van der Waals surface area contributed by atoms with Gasteiger partial charge in [0.15, 0.2) is 0 Å². The van der Waals surface area contributed by atoms with Crippen molar-refractivity contribution in [2.75, 3.05) is 23.7 Å². The van der Waals surface area contributed by atoms with Crippen LogP contribution < -0.4 is 16.0 Å². The van der Waals surface area contributed by atoms with Gasteiger partial charge in [-0.2, -0.15) is 4.98 Å². The quantitative estimate of drug-likeness (QED) is 0.831. The van der Waals surface area contributed by atoms with Crippen LogP contribution in [0.15, 0.2) is 11.4 Å². The van der Waals surface area contributed by atoms with Gasteiger partial charge in [-0.15, -0.1) is 11.3 Å². The lowest BCUT2D eigenvalue weighted by Crippen LogP contribution is -2.54. The largest absolute Gasteiger partial charge is 0.368 e. The third-order valence-electron chi connectivity index (χ3n) is 4.44. The van der Waals surface area contributed by atoms with Crippen molar-refractivity contribution in [3.8, 4) is 0 Å². The van der Waals surface area contributed by atoms with Gasteiger partial charge in [-0.25, -0.2) is 4.98 Å². The summed E-state index contributed by atoms with van der Waals surface area (Å²) in [6, 6.07) is 2.38. The molecular formula is C14H17N5OS. The average Bonchev–Trinajstić information content (AvgIpc) is 2.94. The number of nitrogens with two attached hydrogens (primary N) is 1. The Morgan fingerprint density at radius 1 is 1.38 bits per heavy atom. The van der Waals surface area contributed by atoms with Crippen LogP contribution in [-0.4, -0.2) is 35.0 Å². The van der Waals surface area contributed by atoms with E-state index in [1.165, 1.54) is 0 Å². The summed E-state index contributed by atoms with van der Waals surface area (Å²) >= 11 is 1.59. The van der Waals surface area contributed by atoms with E-state index in [9.17, 15) is 4.79 Å². The molecule has 0 bridgehead atoms. The highest BCUT2D eigenvalue weighted by Gasteiger charge is 2.34. The molecule has 0 saturated carbocycles. The van der Waals surface area contributed by atoms with Crippen molar-refractivity contribution in [2.24, 2.45) is 5.92 Å². The smallest absolute Gasteiger partial charge is 0.223 e. The zero-order valence-electron chi connectivity index (χ0n) is 11.6. The number of hydrogen-bond acceptors (Lipinski definition) is 6. The number of hydrogen-bond donors (Lipinski definition) is 2. The highest BCUT2D eigenvalue weighted by molar-refractivity contribution is 7.16. The predicted molar refractivity (Wildman–Crippen MR) is 83.3 cm³/mol. The number of thiophene rings is 1. The van der Waals surface area contributed by atoms with Gasteiger partial charge in [0.2, 0.25) is 11.9 Å². The van der Waals surface area contributed by atoms with Crippen LogP contribution >= 0.6 is 11.3 Å². The third kappa shape index (κ3) is 2.21. The number of aromatic nitrogens is 2. The topological polar surface area (TPSA) is 84.1 Å². The lowest BCUT2D eigenvalue weighted by Gasteiger charge is -2.42. The fourth-order valence-corrected chi connectivity index (χ4v) is 4.16. The molecule has 0 radical (unpaired) electrons. The average molecular weight is 303 g/mol. The Morgan fingerprint density at radius 2 is 2.29 bits per heavy atom. The van der Waals surface area contributed by atoms with Crippen LogP contribution in [0.4, 0.5) is 11.8 Å². The van der Waals surface area contributed by atoms with E-state index in [1.807, 2.05) is 5.38 Å². The van der Waals surface area contributed by atoms with Crippen molar-refractivity contribution in [1.29, 1.82) is 0 Å². The maximum atomic E-state index is 11.5. The summed E-state index contributed by atoms with van der Waals surface area (Å²) in [6.45, 7) is 1.81. The number of carbonyl (C=O) groups is 1. The fraction of sp³-hybridized carbons (Fsp3) is 0.500.